The first kappa shape index (κ1) is 19.2. The molecule has 3 fully saturated rings. The third-order valence-corrected chi connectivity index (χ3v) is 4.81. The van der Waals surface area contributed by atoms with Crippen molar-refractivity contribution < 1.29 is 28.5 Å². The van der Waals surface area contributed by atoms with Crippen molar-refractivity contribution in [3.63, 3.8) is 0 Å². The number of benzene rings is 1. The van der Waals surface area contributed by atoms with E-state index in [-0.39, 0.29) is 17.6 Å². The summed E-state index contributed by atoms with van der Waals surface area (Å²) in [6.07, 6.45) is -0.738. The SMILES string of the molecule is CC1(C)OC[C@@H]([C@H]2O/C(=C\C#Cc3ccccc3)C(=O)[C@H]3OC(C)(C)O[C@@H]23)O1. The summed E-state index contributed by atoms with van der Waals surface area (Å²) in [7, 11) is 0. The second-order valence-electron chi connectivity index (χ2n) is 7.98. The molecule has 0 radical (unpaired) electrons. The number of carbonyl (C=O) groups is 1. The van der Waals surface area contributed by atoms with Crippen molar-refractivity contribution in [1.29, 1.82) is 0 Å². The van der Waals surface area contributed by atoms with E-state index in [2.05, 4.69) is 11.8 Å². The van der Waals surface area contributed by atoms with Crippen molar-refractivity contribution in [2.24, 2.45) is 0 Å². The van der Waals surface area contributed by atoms with E-state index in [1.54, 1.807) is 13.8 Å². The van der Waals surface area contributed by atoms with Crippen LogP contribution in [0.5, 0.6) is 0 Å². The van der Waals surface area contributed by atoms with Crippen LogP contribution in [0.15, 0.2) is 42.2 Å². The summed E-state index contributed by atoms with van der Waals surface area (Å²) < 4.78 is 29.5. The Morgan fingerprint density at radius 1 is 1.00 bits per heavy atom. The standard InChI is InChI=1S/C22H24O6/c1-21(2)24-13-16(26-21)18-20-19(27-22(3,4)28-20)17(23)15(25-18)12-8-11-14-9-6-5-7-10-14/h5-7,9-10,12,16,18-20H,13H2,1-4H3/b15-12-/t16-,18+,19+,20-/m0/s1. The average molecular weight is 384 g/mol. The molecule has 0 aromatic heterocycles. The van der Waals surface area contributed by atoms with Crippen LogP contribution in [0, 0.1) is 11.8 Å². The zero-order chi connectivity index (χ0) is 19.9. The first-order valence-corrected chi connectivity index (χ1v) is 9.39. The Hall–Kier alpha value is -2.17. The summed E-state index contributed by atoms with van der Waals surface area (Å²) in [6, 6.07) is 9.54. The molecule has 0 bridgehead atoms. The molecule has 6 heteroatoms. The fraction of sp³-hybridized carbons (Fsp3) is 0.500. The number of ether oxygens (including phenoxy) is 5. The number of fused-ring (bicyclic) bond motifs is 1. The maximum absolute atomic E-state index is 12.9. The van der Waals surface area contributed by atoms with Crippen molar-refractivity contribution in [1.82, 2.24) is 0 Å². The maximum atomic E-state index is 12.9. The van der Waals surface area contributed by atoms with Crippen molar-refractivity contribution in [3.8, 4) is 11.8 Å². The Bertz CT molecular complexity index is 845. The van der Waals surface area contributed by atoms with Crippen LogP contribution in [-0.2, 0) is 28.5 Å². The van der Waals surface area contributed by atoms with Crippen LogP contribution in [0.1, 0.15) is 33.3 Å². The van der Waals surface area contributed by atoms with Gasteiger partial charge in [-0.3, -0.25) is 4.79 Å². The summed E-state index contributed by atoms with van der Waals surface area (Å²) in [6.45, 7) is 7.60. The van der Waals surface area contributed by atoms with Crippen LogP contribution >= 0.6 is 0 Å². The lowest BCUT2D eigenvalue weighted by molar-refractivity contribution is -0.182. The number of carbonyl (C=O) groups excluding carboxylic acids is 1. The van der Waals surface area contributed by atoms with Gasteiger partial charge in [0.1, 0.15) is 12.2 Å². The van der Waals surface area contributed by atoms with Gasteiger partial charge in [0.2, 0.25) is 5.78 Å². The van der Waals surface area contributed by atoms with Gasteiger partial charge in [0.05, 0.1) is 6.61 Å². The highest BCUT2D eigenvalue weighted by Crippen LogP contribution is 2.40. The van der Waals surface area contributed by atoms with Crippen molar-refractivity contribution in [2.75, 3.05) is 6.61 Å². The number of hydrogen-bond donors (Lipinski definition) is 0. The van der Waals surface area contributed by atoms with Crippen molar-refractivity contribution in [2.45, 2.75) is 63.7 Å². The highest BCUT2D eigenvalue weighted by atomic mass is 16.8. The molecule has 3 aliphatic rings. The molecule has 0 amide bonds. The second-order valence-corrected chi connectivity index (χ2v) is 7.98. The number of ketones is 1. The van der Waals surface area contributed by atoms with Crippen LogP contribution < -0.4 is 0 Å². The van der Waals surface area contributed by atoms with Crippen molar-refractivity contribution >= 4 is 5.78 Å². The van der Waals surface area contributed by atoms with E-state index >= 15 is 0 Å². The van der Waals surface area contributed by atoms with Crippen LogP contribution in [0.2, 0.25) is 0 Å². The molecule has 0 aliphatic carbocycles. The molecule has 1 aromatic rings. The van der Waals surface area contributed by atoms with Gasteiger partial charge in [-0.15, -0.1) is 0 Å². The second kappa shape index (κ2) is 7.02. The predicted octanol–water partition coefficient (Wildman–Crippen LogP) is 2.56. The molecule has 4 rings (SSSR count). The summed E-state index contributed by atoms with van der Waals surface area (Å²) in [5.74, 6) is 4.20. The molecule has 0 saturated carbocycles. The molecule has 0 N–H and O–H groups in total. The molecule has 148 valence electrons. The van der Waals surface area contributed by atoms with Gasteiger partial charge in [0.15, 0.2) is 29.5 Å². The Balaban J connectivity index is 1.61. The number of hydrogen-bond acceptors (Lipinski definition) is 6. The van der Waals surface area contributed by atoms with Gasteiger partial charge in [0.25, 0.3) is 0 Å². The normalized spacial score (nSPS) is 34.4. The molecule has 1 aromatic carbocycles. The average Bonchev–Trinajstić information content (AvgIpc) is 3.16. The molecule has 6 nitrogen and oxygen atoms in total. The van der Waals surface area contributed by atoms with E-state index in [4.69, 9.17) is 23.7 Å². The Labute approximate surface area is 164 Å². The molecule has 3 saturated heterocycles. The monoisotopic (exact) mass is 384 g/mol. The molecule has 3 aliphatic heterocycles. The largest absolute Gasteiger partial charge is 0.480 e. The Morgan fingerprint density at radius 3 is 2.43 bits per heavy atom. The number of rotatable bonds is 1. The van der Waals surface area contributed by atoms with E-state index < -0.39 is 29.9 Å². The highest BCUT2D eigenvalue weighted by molar-refractivity contribution is 5.99. The van der Waals surface area contributed by atoms with Gasteiger partial charge >= 0.3 is 0 Å². The molecular formula is C22H24O6. The van der Waals surface area contributed by atoms with Crippen LogP contribution in [0.3, 0.4) is 0 Å². The fourth-order valence-corrected chi connectivity index (χ4v) is 3.62. The van der Waals surface area contributed by atoms with E-state index in [1.807, 2.05) is 44.2 Å². The third kappa shape index (κ3) is 3.85. The summed E-state index contributed by atoms with van der Waals surface area (Å²) in [5.41, 5.74) is 0.855. The topological polar surface area (TPSA) is 63.2 Å². The molecule has 0 unspecified atom stereocenters. The molecule has 0 spiro atoms. The Morgan fingerprint density at radius 2 is 1.75 bits per heavy atom. The third-order valence-electron chi connectivity index (χ3n) is 4.81. The summed E-state index contributed by atoms with van der Waals surface area (Å²) in [4.78, 5) is 12.9. The van der Waals surface area contributed by atoms with Crippen molar-refractivity contribution in [3.05, 3.63) is 47.7 Å². The summed E-state index contributed by atoms with van der Waals surface area (Å²) in [5, 5.41) is 0. The lowest BCUT2D eigenvalue weighted by atomic mass is 9.95. The van der Waals surface area contributed by atoms with Gasteiger partial charge in [-0.1, -0.05) is 30.0 Å². The first-order valence-electron chi connectivity index (χ1n) is 9.39. The molecular weight excluding hydrogens is 360 g/mol. The van der Waals surface area contributed by atoms with Crippen LogP contribution in [0.25, 0.3) is 0 Å². The first-order chi connectivity index (χ1) is 13.2. The fourth-order valence-electron chi connectivity index (χ4n) is 3.62. The number of Topliss-reactive ketones (excluding diaryl/α,β-unsaturated/α-hetero) is 1. The van der Waals surface area contributed by atoms with Crippen LogP contribution in [-0.4, -0.2) is 48.4 Å². The summed E-state index contributed by atoms with van der Waals surface area (Å²) >= 11 is 0. The lowest BCUT2D eigenvalue weighted by Gasteiger charge is -2.35. The maximum Gasteiger partial charge on any atom is 0.229 e. The molecule has 3 heterocycles. The van der Waals surface area contributed by atoms with E-state index in [0.717, 1.165) is 5.56 Å². The lowest BCUT2D eigenvalue weighted by Crippen LogP contribution is -2.53. The van der Waals surface area contributed by atoms with Gasteiger partial charge in [-0.25, -0.2) is 0 Å². The zero-order valence-corrected chi connectivity index (χ0v) is 16.4. The van der Waals surface area contributed by atoms with Gasteiger partial charge in [0, 0.05) is 11.6 Å². The Kier molecular flexibility index (Phi) is 4.80. The van der Waals surface area contributed by atoms with Gasteiger partial charge in [-0.05, 0) is 39.8 Å². The van der Waals surface area contributed by atoms with Gasteiger partial charge < -0.3 is 23.7 Å². The van der Waals surface area contributed by atoms with Gasteiger partial charge in [-0.2, -0.15) is 0 Å². The molecule has 28 heavy (non-hydrogen) atoms. The van der Waals surface area contributed by atoms with E-state index in [0.29, 0.717) is 6.61 Å². The minimum Gasteiger partial charge on any atom is -0.480 e. The van der Waals surface area contributed by atoms with E-state index in [9.17, 15) is 4.79 Å². The number of allylic oxidation sites excluding steroid dienone is 1. The minimum absolute atomic E-state index is 0.157. The molecule has 4 atom stereocenters. The highest BCUT2D eigenvalue weighted by Gasteiger charge is 2.57. The zero-order valence-electron chi connectivity index (χ0n) is 16.4. The smallest absolute Gasteiger partial charge is 0.229 e. The quantitative estimate of drug-likeness (QED) is 0.548. The predicted molar refractivity (Wildman–Crippen MR) is 100 cm³/mol. The van der Waals surface area contributed by atoms with E-state index in [1.165, 1.54) is 6.08 Å². The van der Waals surface area contributed by atoms with Crippen LogP contribution in [0.4, 0.5) is 0 Å². The minimum atomic E-state index is -0.882.